The Morgan fingerprint density at radius 2 is 1.39 bits per heavy atom. The minimum absolute atomic E-state index is 0.0237. The number of nitrogens with one attached hydrogen (secondary N) is 5. The number of carbonyl (C=O) groups excluding carboxylic acids is 4. The molecule has 3 aromatic rings. The summed E-state index contributed by atoms with van der Waals surface area (Å²) >= 11 is 0. The van der Waals surface area contributed by atoms with Crippen LogP contribution in [0, 0.1) is 17.8 Å². The number of likely N-dealkylation sites (tertiary alicyclic amines) is 1. The highest BCUT2D eigenvalue weighted by Gasteiger charge is 2.38. The predicted octanol–water partition coefficient (Wildman–Crippen LogP) is 5.61. The zero-order valence-corrected chi connectivity index (χ0v) is 39.6. The van der Waals surface area contributed by atoms with Gasteiger partial charge in [-0.05, 0) is 79.5 Å². The molecule has 2 fully saturated rings. The van der Waals surface area contributed by atoms with E-state index in [1.54, 1.807) is 25.3 Å². The number of hydrogen-bond donors (Lipinski definition) is 5. The molecule has 0 spiro atoms. The van der Waals surface area contributed by atoms with Crippen LogP contribution in [0.3, 0.4) is 0 Å². The number of aromatic amines is 1. The molecule has 1 aromatic heterocycles. The quantitative estimate of drug-likeness (QED) is 0.0825. The third-order valence-corrected chi connectivity index (χ3v) is 12.5. The molecule has 2 aliphatic heterocycles. The lowest BCUT2D eigenvalue weighted by molar-refractivity contribution is -0.135. The van der Waals surface area contributed by atoms with Crippen molar-refractivity contribution in [3.63, 3.8) is 0 Å². The maximum absolute atomic E-state index is 13.8. The summed E-state index contributed by atoms with van der Waals surface area (Å²) in [6.07, 6.45) is 5.54. The summed E-state index contributed by atoms with van der Waals surface area (Å²) in [7, 11) is 5.81. The second kappa shape index (κ2) is 23.6. The summed E-state index contributed by atoms with van der Waals surface area (Å²) in [4.78, 5) is 66.0. The molecule has 0 radical (unpaired) electrons. The first-order chi connectivity index (χ1) is 31.8. The summed E-state index contributed by atoms with van der Waals surface area (Å²) in [5.41, 5.74) is 5.16. The molecule has 2 aromatic carbocycles. The van der Waals surface area contributed by atoms with Crippen LogP contribution >= 0.6 is 0 Å². The van der Waals surface area contributed by atoms with Crippen LogP contribution in [-0.2, 0) is 28.5 Å². The Bertz CT molecular complexity index is 2140. The van der Waals surface area contributed by atoms with Gasteiger partial charge in [0.05, 0.1) is 51.1 Å². The number of aliphatic imine (C=N–C) groups is 1. The lowest BCUT2D eigenvalue weighted by atomic mass is 9.98. The van der Waals surface area contributed by atoms with E-state index < -0.39 is 24.3 Å². The molecule has 6 unspecified atom stereocenters. The Morgan fingerprint density at radius 3 is 2.03 bits per heavy atom. The fraction of sp³-hybridized carbons (Fsp3) is 0.583. The summed E-state index contributed by atoms with van der Waals surface area (Å²) < 4.78 is 33.2. The van der Waals surface area contributed by atoms with Crippen LogP contribution in [0.4, 0.5) is 9.59 Å². The normalized spacial score (nSPS) is 20.2. The van der Waals surface area contributed by atoms with Crippen molar-refractivity contribution in [1.29, 1.82) is 0 Å². The van der Waals surface area contributed by atoms with E-state index in [4.69, 9.17) is 38.4 Å². The number of alkyl carbamates (subject to hydrolysis) is 2. The first-order valence-electron chi connectivity index (χ1n) is 23.0. The fourth-order valence-electron chi connectivity index (χ4n) is 8.97. The molecule has 6 rings (SSSR count). The molecule has 1 aliphatic carbocycles. The number of ether oxygens (including phenoxy) is 6. The van der Waals surface area contributed by atoms with E-state index in [1.807, 2.05) is 39.8 Å². The first-order valence-corrected chi connectivity index (χ1v) is 23.0. The lowest BCUT2D eigenvalue weighted by Crippen LogP contribution is -2.51. The minimum atomic E-state index is -0.746. The predicted molar refractivity (Wildman–Crippen MR) is 248 cm³/mol. The topological polar surface area (TPSA) is 216 Å². The van der Waals surface area contributed by atoms with Crippen LogP contribution < -0.4 is 30.7 Å². The smallest absolute Gasteiger partial charge is 0.407 e. The summed E-state index contributed by atoms with van der Waals surface area (Å²) in [5, 5.41) is 12.1. The highest BCUT2D eigenvalue weighted by Crippen LogP contribution is 2.45. The van der Waals surface area contributed by atoms with E-state index >= 15 is 0 Å². The molecule has 4 amide bonds. The molecule has 3 aliphatic rings. The van der Waals surface area contributed by atoms with Crippen LogP contribution in [0.1, 0.15) is 83.6 Å². The van der Waals surface area contributed by atoms with Crippen LogP contribution in [0.25, 0.3) is 22.4 Å². The van der Waals surface area contributed by atoms with Gasteiger partial charge in [0.1, 0.15) is 37.3 Å². The lowest BCUT2D eigenvalue weighted by Gasteiger charge is -2.30. The Labute approximate surface area is 387 Å². The number of H-pyrrole nitrogens is 1. The number of rotatable bonds is 21. The van der Waals surface area contributed by atoms with E-state index in [0.717, 1.165) is 60.1 Å². The summed E-state index contributed by atoms with van der Waals surface area (Å²) in [5.74, 6) is 1.48. The number of carbonyl (C=O) groups is 4. The molecule has 360 valence electrons. The van der Waals surface area contributed by atoms with Crippen LogP contribution in [0.2, 0.25) is 0 Å². The minimum Gasteiger partial charge on any atom is -0.487 e. The van der Waals surface area contributed by atoms with Gasteiger partial charge in [0.25, 0.3) is 0 Å². The van der Waals surface area contributed by atoms with E-state index in [9.17, 15) is 19.2 Å². The second-order valence-electron chi connectivity index (χ2n) is 17.8. The van der Waals surface area contributed by atoms with Crippen molar-refractivity contribution in [1.82, 2.24) is 36.1 Å². The highest BCUT2D eigenvalue weighted by molar-refractivity contribution is 6.03. The van der Waals surface area contributed by atoms with Crippen molar-refractivity contribution >= 4 is 29.7 Å². The van der Waals surface area contributed by atoms with Crippen molar-refractivity contribution < 1.29 is 47.6 Å². The number of benzene rings is 2. The van der Waals surface area contributed by atoms with Gasteiger partial charge in [-0.15, -0.1) is 0 Å². The summed E-state index contributed by atoms with van der Waals surface area (Å²) in [6, 6.07) is 10.6. The number of amides is 4. The third-order valence-electron chi connectivity index (χ3n) is 12.5. The average molecular weight is 917 g/mol. The van der Waals surface area contributed by atoms with E-state index in [1.165, 1.54) is 14.2 Å². The second-order valence-corrected chi connectivity index (χ2v) is 17.8. The Balaban J connectivity index is 1.18. The third kappa shape index (κ3) is 12.4. The molecular formula is C48H68N8O10. The molecule has 66 heavy (non-hydrogen) atoms. The number of methoxy groups -OCH3 is 4. The molecule has 18 nitrogen and oxygen atoms in total. The van der Waals surface area contributed by atoms with Gasteiger partial charge in [-0.1, -0.05) is 52.0 Å². The van der Waals surface area contributed by atoms with Gasteiger partial charge < -0.3 is 54.3 Å². The highest BCUT2D eigenvalue weighted by atomic mass is 16.6. The van der Waals surface area contributed by atoms with Crippen molar-refractivity contribution in [2.24, 2.45) is 22.7 Å². The van der Waals surface area contributed by atoms with Gasteiger partial charge in [0.15, 0.2) is 11.5 Å². The van der Waals surface area contributed by atoms with E-state index in [0.29, 0.717) is 61.7 Å². The van der Waals surface area contributed by atoms with Gasteiger partial charge in [-0.2, -0.15) is 0 Å². The molecule has 6 atom stereocenters. The Kier molecular flexibility index (Phi) is 17.8. The van der Waals surface area contributed by atoms with Crippen LogP contribution in [0.15, 0.2) is 47.6 Å². The van der Waals surface area contributed by atoms with Gasteiger partial charge in [-0.3, -0.25) is 19.9 Å². The first kappa shape index (κ1) is 49.7. The Morgan fingerprint density at radius 1 is 0.773 bits per heavy atom. The van der Waals surface area contributed by atoms with Crippen LogP contribution in [0.5, 0.6) is 11.5 Å². The van der Waals surface area contributed by atoms with Gasteiger partial charge >= 0.3 is 12.2 Å². The maximum atomic E-state index is 13.8. The van der Waals surface area contributed by atoms with Gasteiger partial charge in [-0.25, -0.2) is 14.6 Å². The number of nitrogens with zero attached hydrogens (tertiary/aromatic N) is 3. The largest absolute Gasteiger partial charge is 0.487 e. The van der Waals surface area contributed by atoms with Crippen molar-refractivity contribution in [2.45, 2.75) is 96.6 Å². The van der Waals surface area contributed by atoms with Gasteiger partial charge in [0, 0.05) is 44.5 Å². The molecule has 18 heteroatoms. The SMILES string of the molecule is COCCOc1c(-c2ccc(C3=NC(CC4CCC(NC(=O)C(NC(=O)OC)C(C)C)C4)NC3)cc2)ccc(-c2cnc(C3CCCN3C(=O)C(NC(=O)OC)C(C)C)[nH]2)c1OCCOC. The summed E-state index contributed by atoms with van der Waals surface area (Å²) in [6.45, 7) is 10.00. The van der Waals surface area contributed by atoms with E-state index in [-0.39, 0.29) is 55.1 Å². The zero-order chi connectivity index (χ0) is 47.3. The fourth-order valence-corrected chi connectivity index (χ4v) is 8.97. The zero-order valence-electron chi connectivity index (χ0n) is 39.6. The van der Waals surface area contributed by atoms with Gasteiger partial charge in [0.2, 0.25) is 11.8 Å². The maximum Gasteiger partial charge on any atom is 0.407 e. The molecule has 5 N–H and O–H groups in total. The molecule has 1 saturated carbocycles. The standard InChI is InChI=1S/C48H68N8O10/c1-28(2)40(54-47(59)63-7)45(57)51-33-16-11-30(24-33)25-39-49-26-36(52-39)32-14-12-31(13-15-32)34-17-18-35(43(66-23-21-62-6)42(34)65-22-20-61-5)37-27-50-44(53-37)38-10-9-19-56(38)46(58)41(29(3)4)55-48(60)64-8/h12-15,17-18,27-30,33,38-41,49H,9-11,16,19-26H2,1-8H3,(H,50,53)(H,51,57)(H,54,59)(H,55,60). The molecule has 1 saturated heterocycles. The molecule has 3 heterocycles. The number of imidazole rings is 1. The van der Waals surface area contributed by atoms with Crippen molar-refractivity contribution in [3.8, 4) is 33.9 Å². The molecule has 0 bridgehead atoms. The van der Waals surface area contributed by atoms with Crippen molar-refractivity contribution in [2.75, 3.05) is 68.0 Å². The Hall–Kier alpha value is -5.72. The number of hydrogen-bond acceptors (Lipinski definition) is 13. The monoisotopic (exact) mass is 917 g/mol. The van der Waals surface area contributed by atoms with E-state index in [2.05, 4.69) is 50.5 Å². The number of aromatic nitrogens is 2. The molecular weight excluding hydrogens is 849 g/mol. The van der Waals surface area contributed by atoms with Crippen molar-refractivity contribution in [3.05, 3.63) is 54.0 Å². The average Bonchev–Trinajstić information content (AvgIpc) is 4.16. The van der Waals surface area contributed by atoms with Crippen LogP contribution in [-0.4, -0.2) is 137 Å².